The summed E-state index contributed by atoms with van der Waals surface area (Å²) in [7, 11) is 0. The summed E-state index contributed by atoms with van der Waals surface area (Å²) in [5, 5.41) is 7.50. The van der Waals surface area contributed by atoms with E-state index in [0.29, 0.717) is 33.7 Å². The van der Waals surface area contributed by atoms with E-state index in [1.807, 2.05) is 30.3 Å². The number of furan rings is 1. The lowest BCUT2D eigenvalue weighted by Gasteiger charge is -2.15. The van der Waals surface area contributed by atoms with E-state index < -0.39 is 11.8 Å². The second-order valence-electron chi connectivity index (χ2n) is 6.78. The van der Waals surface area contributed by atoms with Crippen LogP contribution in [0.1, 0.15) is 17.2 Å². The minimum Gasteiger partial charge on any atom is -0.455 e. The number of hydrogen-bond acceptors (Lipinski definition) is 4. The van der Waals surface area contributed by atoms with Gasteiger partial charge in [0.25, 0.3) is 5.91 Å². The Morgan fingerprint density at radius 3 is 2.70 bits per heavy atom. The molecule has 1 saturated heterocycles. The van der Waals surface area contributed by atoms with E-state index in [0.717, 1.165) is 5.56 Å². The fourth-order valence-electron chi connectivity index (χ4n) is 3.42. The molecule has 6 nitrogen and oxygen atoms in total. The van der Waals surface area contributed by atoms with Gasteiger partial charge >= 0.3 is 0 Å². The van der Waals surface area contributed by atoms with Crippen LogP contribution in [-0.2, 0) is 9.59 Å². The first-order valence-corrected chi connectivity index (χ1v) is 10.00. The lowest BCUT2D eigenvalue weighted by Crippen LogP contribution is -2.34. The lowest BCUT2D eigenvalue weighted by molar-refractivity contribution is -0.133. The Morgan fingerprint density at radius 2 is 1.90 bits per heavy atom. The minimum atomic E-state index is -0.845. The average molecular weight is 442 g/mol. The first kappa shape index (κ1) is 20.2. The molecular formula is C22H17Cl2N3O3. The lowest BCUT2D eigenvalue weighted by atomic mass is 9.88. The molecule has 0 aliphatic carbocycles. The van der Waals surface area contributed by atoms with Crippen molar-refractivity contribution in [2.24, 2.45) is 11.0 Å². The Balaban J connectivity index is 1.44. The fourth-order valence-corrected chi connectivity index (χ4v) is 3.82. The van der Waals surface area contributed by atoms with E-state index >= 15 is 0 Å². The predicted octanol–water partition coefficient (Wildman–Crippen LogP) is 4.23. The first-order valence-electron chi connectivity index (χ1n) is 9.24. The number of carbonyl (C=O) groups excluding carboxylic acids is 2. The molecule has 4 rings (SSSR count). The summed E-state index contributed by atoms with van der Waals surface area (Å²) in [4.78, 5) is 24.8. The first-order chi connectivity index (χ1) is 14.5. The Hall–Kier alpha value is -3.09. The third-order valence-electron chi connectivity index (χ3n) is 4.90. The van der Waals surface area contributed by atoms with E-state index in [1.165, 1.54) is 6.21 Å². The van der Waals surface area contributed by atoms with Gasteiger partial charge in [0.15, 0.2) is 0 Å². The molecule has 0 saturated carbocycles. The number of nitrogens with zero attached hydrogens (tertiary/aromatic N) is 1. The molecule has 0 radical (unpaired) electrons. The molecule has 2 heterocycles. The van der Waals surface area contributed by atoms with Crippen LogP contribution in [0.4, 0.5) is 0 Å². The summed E-state index contributed by atoms with van der Waals surface area (Å²) >= 11 is 12.3. The Kier molecular flexibility index (Phi) is 5.88. The number of rotatable bonds is 5. The largest absolute Gasteiger partial charge is 0.455 e. The van der Waals surface area contributed by atoms with Crippen LogP contribution in [0.3, 0.4) is 0 Å². The van der Waals surface area contributed by atoms with Crippen molar-refractivity contribution in [2.75, 3.05) is 6.54 Å². The Bertz CT molecular complexity index is 1110. The van der Waals surface area contributed by atoms with Crippen molar-refractivity contribution in [1.82, 2.24) is 10.7 Å². The topological polar surface area (TPSA) is 83.7 Å². The van der Waals surface area contributed by atoms with Crippen molar-refractivity contribution in [1.29, 1.82) is 0 Å². The zero-order chi connectivity index (χ0) is 21.1. The normalized spacial score (nSPS) is 18.5. The number of benzene rings is 2. The van der Waals surface area contributed by atoms with Crippen molar-refractivity contribution in [2.45, 2.75) is 5.92 Å². The van der Waals surface area contributed by atoms with Crippen LogP contribution in [0.2, 0.25) is 10.0 Å². The molecule has 3 aromatic rings. The molecule has 0 spiro atoms. The van der Waals surface area contributed by atoms with Gasteiger partial charge in [0.1, 0.15) is 17.4 Å². The summed E-state index contributed by atoms with van der Waals surface area (Å²) in [6, 6.07) is 18.1. The van der Waals surface area contributed by atoms with Crippen molar-refractivity contribution >= 4 is 41.2 Å². The van der Waals surface area contributed by atoms with Gasteiger partial charge in [-0.3, -0.25) is 9.59 Å². The van der Waals surface area contributed by atoms with Gasteiger partial charge in [-0.15, -0.1) is 0 Å². The van der Waals surface area contributed by atoms with Crippen LogP contribution in [0, 0.1) is 5.92 Å². The maximum absolute atomic E-state index is 12.6. The van der Waals surface area contributed by atoms with E-state index in [-0.39, 0.29) is 11.8 Å². The molecule has 2 amide bonds. The van der Waals surface area contributed by atoms with Crippen molar-refractivity contribution in [3.05, 3.63) is 82.0 Å². The third-order valence-corrected chi connectivity index (χ3v) is 5.72. The summed E-state index contributed by atoms with van der Waals surface area (Å²) in [6.07, 6.45) is 1.37. The molecule has 8 heteroatoms. The highest BCUT2D eigenvalue weighted by atomic mass is 35.5. The van der Waals surface area contributed by atoms with Gasteiger partial charge < -0.3 is 9.73 Å². The number of halogens is 2. The fraction of sp³-hybridized carbons (Fsp3) is 0.136. The van der Waals surface area contributed by atoms with E-state index in [1.54, 1.807) is 30.3 Å². The highest BCUT2D eigenvalue weighted by molar-refractivity contribution is 6.43. The number of hydrazone groups is 1. The number of nitrogens with one attached hydrogen (secondary N) is 2. The predicted molar refractivity (Wildman–Crippen MR) is 116 cm³/mol. The molecular weight excluding hydrogens is 425 g/mol. The van der Waals surface area contributed by atoms with E-state index in [9.17, 15) is 9.59 Å². The zero-order valence-corrected chi connectivity index (χ0v) is 17.2. The molecule has 2 N–H and O–H groups in total. The average Bonchev–Trinajstić information content (AvgIpc) is 3.37. The number of carbonyl (C=O) groups is 2. The van der Waals surface area contributed by atoms with Crippen LogP contribution < -0.4 is 10.7 Å². The SMILES string of the molecule is O=C1NC[C@@H](c2ccccc2)[C@@H]1C(=O)N/N=C\c1ccc(-c2cccc(Cl)c2Cl)o1. The number of hydrogen-bond donors (Lipinski definition) is 2. The van der Waals surface area contributed by atoms with Crippen LogP contribution in [0.5, 0.6) is 0 Å². The van der Waals surface area contributed by atoms with Crippen LogP contribution >= 0.6 is 23.2 Å². The monoisotopic (exact) mass is 441 g/mol. The second-order valence-corrected chi connectivity index (χ2v) is 7.56. The second kappa shape index (κ2) is 8.73. The molecule has 0 unspecified atom stereocenters. The molecule has 1 aliphatic heterocycles. The van der Waals surface area contributed by atoms with Gasteiger partial charge in [0.2, 0.25) is 5.91 Å². The summed E-state index contributed by atoms with van der Waals surface area (Å²) in [5.41, 5.74) is 4.01. The smallest absolute Gasteiger partial charge is 0.253 e. The van der Waals surface area contributed by atoms with Gasteiger partial charge in [-0.05, 0) is 29.8 Å². The van der Waals surface area contributed by atoms with E-state index in [2.05, 4.69) is 15.8 Å². The van der Waals surface area contributed by atoms with Gasteiger partial charge in [-0.2, -0.15) is 5.10 Å². The highest BCUT2D eigenvalue weighted by Crippen LogP contribution is 2.34. The molecule has 30 heavy (non-hydrogen) atoms. The quantitative estimate of drug-likeness (QED) is 0.352. The number of amides is 2. The van der Waals surface area contributed by atoms with Crippen molar-refractivity contribution < 1.29 is 14.0 Å². The van der Waals surface area contributed by atoms with Gasteiger partial charge in [0, 0.05) is 18.0 Å². The summed E-state index contributed by atoms with van der Waals surface area (Å²) < 4.78 is 5.70. The minimum absolute atomic E-state index is 0.242. The molecule has 1 fully saturated rings. The molecule has 0 bridgehead atoms. The zero-order valence-electron chi connectivity index (χ0n) is 15.6. The van der Waals surface area contributed by atoms with E-state index in [4.69, 9.17) is 27.6 Å². The van der Waals surface area contributed by atoms with Crippen molar-refractivity contribution in [3.8, 4) is 11.3 Å². The van der Waals surface area contributed by atoms with Gasteiger partial charge in [-0.1, -0.05) is 59.6 Å². The highest BCUT2D eigenvalue weighted by Gasteiger charge is 2.40. The van der Waals surface area contributed by atoms with Crippen LogP contribution in [0.15, 0.2) is 70.2 Å². The molecule has 2 aromatic carbocycles. The Labute approximate surface area is 182 Å². The molecule has 1 aromatic heterocycles. The summed E-state index contributed by atoms with van der Waals surface area (Å²) in [6.45, 7) is 0.409. The third kappa shape index (κ3) is 4.10. The van der Waals surface area contributed by atoms with Gasteiger partial charge in [0.05, 0.1) is 16.3 Å². The standard InChI is InChI=1S/C22H17Cl2N3O3/c23-17-8-4-7-15(20(17)24)18-10-9-14(30-18)11-26-27-22(29)19-16(12-25-21(19)28)13-5-2-1-3-6-13/h1-11,16,19H,12H2,(H,25,28)(H,27,29)/b26-11-/t16-,19-/m0/s1. The Morgan fingerprint density at radius 1 is 1.10 bits per heavy atom. The maximum Gasteiger partial charge on any atom is 0.253 e. The molecule has 1 aliphatic rings. The summed E-state index contributed by atoms with van der Waals surface area (Å²) in [5.74, 6) is -0.935. The maximum atomic E-state index is 12.6. The molecule has 2 atom stereocenters. The van der Waals surface area contributed by atoms with Crippen molar-refractivity contribution in [3.63, 3.8) is 0 Å². The van der Waals surface area contributed by atoms with Crippen LogP contribution in [-0.4, -0.2) is 24.6 Å². The molecule has 152 valence electrons. The van der Waals surface area contributed by atoms with Gasteiger partial charge in [-0.25, -0.2) is 5.43 Å². The van der Waals surface area contributed by atoms with Crippen LogP contribution in [0.25, 0.3) is 11.3 Å².